The number of rotatable bonds is 4. The SMILES string of the molecule is CC(C)(Cn1cnc2sc(-c3ccccc3)cc2c1=O)C(=O)O. The van der Waals surface area contributed by atoms with Crippen LogP contribution in [-0.4, -0.2) is 20.6 Å². The summed E-state index contributed by atoms with van der Waals surface area (Å²) in [6, 6.07) is 11.6. The van der Waals surface area contributed by atoms with Gasteiger partial charge in [0.25, 0.3) is 5.56 Å². The van der Waals surface area contributed by atoms with Crippen molar-refractivity contribution in [1.82, 2.24) is 9.55 Å². The number of benzene rings is 1. The van der Waals surface area contributed by atoms with E-state index in [9.17, 15) is 14.7 Å². The molecule has 0 amide bonds. The molecular weight excluding hydrogens is 312 g/mol. The molecule has 3 rings (SSSR count). The third kappa shape index (κ3) is 2.90. The van der Waals surface area contributed by atoms with E-state index in [1.54, 1.807) is 13.8 Å². The van der Waals surface area contributed by atoms with E-state index in [1.807, 2.05) is 36.4 Å². The Kier molecular flexibility index (Phi) is 3.77. The maximum Gasteiger partial charge on any atom is 0.310 e. The van der Waals surface area contributed by atoms with E-state index in [-0.39, 0.29) is 12.1 Å². The number of carboxylic acid groups (broad SMARTS) is 1. The minimum absolute atomic E-state index is 0.0840. The number of carboxylic acids is 1. The van der Waals surface area contributed by atoms with Crippen LogP contribution in [0.1, 0.15) is 13.8 Å². The lowest BCUT2D eigenvalue weighted by Crippen LogP contribution is -2.34. The Hall–Kier alpha value is -2.47. The number of aromatic nitrogens is 2. The lowest BCUT2D eigenvalue weighted by atomic mass is 9.94. The second-order valence-corrected chi connectivity index (χ2v) is 7.09. The second-order valence-electron chi connectivity index (χ2n) is 6.06. The smallest absolute Gasteiger partial charge is 0.310 e. The Balaban J connectivity index is 2.06. The molecule has 2 heterocycles. The summed E-state index contributed by atoms with van der Waals surface area (Å²) in [6.07, 6.45) is 1.43. The summed E-state index contributed by atoms with van der Waals surface area (Å²) in [4.78, 5) is 29.8. The summed E-state index contributed by atoms with van der Waals surface area (Å²) in [5.41, 5.74) is -0.202. The molecule has 118 valence electrons. The van der Waals surface area contributed by atoms with Gasteiger partial charge in [-0.05, 0) is 25.5 Å². The summed E-state index contributed by atoms with van der Waals surface area (Å²) in [5, 5.41) is 9.75. The molecule has 23 heavy (non-hydrogen) atoms. The zero-order valence-electron chi connectivity index (χ0n) is 12.8. The van der Waals surface area contributed by atoms with Crippen molar-refractivity contribution in [1.29, 1.82) is 0 Å². The van der Waals surface area contributed by atoms with Gasteiger partial charge in [-0.2, -0.15) is 0 Å². The van der Waals surface area contributed by atoms with Gasteiger partial charge in [0.1, 0.15) is 4.83 Å². The first kappa shape index (κ1) is 15.4. The van der Waals surface area contributed by atoms with Crippen molar-refractivity contribution in [2.45, 2.75) is 20.4 Å². The van der Waals surface area contributed by atoms with Gasteiger partial charge in [-0.1, -0.05) is 30.3 Å². The van der Waals surface area contributed by atoms with Crippen LogP contribution in [0.3, 0.4) is 0 Å². The van der Waals surface area contributed by atoms with Crippen LogP contribution in [0, 0.1) is 5.41 Å². The van der Waals surface area contributed by atoms with Gasteiger partial charge in [0.05, 0.1) is 17.1 Å². The number of hydrogen-bond acceptors (Lipinski definition) is 4. The highest BCUT2D eigenvalue weighted by molar-refractivity contribution is 7.21. The molecule has 3 aromatic rings. The summed E-state index contributed by atoms with van der Waals surface area (Å²) in [7, 11) is 0. The van der Waals surface area contributed by atoms with Crippen LogP contribution < -0.4 is 5.56 Å². The Labute approximate surface area is 136 Å². The van der Waals surface area contributed by atoms with Crippen LogP contribution in [0.4, 0.5) is 0 Å². The minimum atomic E-state index is -1.03. The van der Waals surface area contributed by atoms with E-state index >= 15 is 0 Å². The fourth-order valence-corrected chi connectivity index (χ4v) is 3.31. The average Bonchev–Trinajstić information content (AvgIpc) is 2.96. The molecule has 0 spiro atoms. The quantitative estimate of drug-likeness (QED) is 0.798. The van der Waals surface area contributed by atoms with Crippen LogP contribution in [-0.2, 0) is 11.3 Å². The zero-order chi connectivity index (χ0) is 16.6. The van der Waals surface area contributed by atoms with Gasteiger partial charge in [0.15, 0.2) is 0 Å². The lowest BCUT2D eigenvalue weighted by molar-refractivity contribution is -0.147. The Bertz CT molecular complexity index is 926. The van der Waals surface area contributed by atoms with Crippen LogP contribution in [0.15, 0.2) is 47.5 Å². The molecule has 1 N–H and O–H groups in total. The standard InChI is InChI=1S/C17H16N2O3S/c1-17(2,16(21)22)9-19-10-18-14-12(15(19)20)8-13(23-14)11-6-4-3-5-7-11/h3-8,10H,9H2,1-2H3,(H,21,22). The van der Waals surface area contributed by atoms with E-state index in [1.165, 1.54) is 22.2 Å². The molecule has 0 radical (unpaired) electrons. The lowest BCUT2D eigenvalue weighted by Gasteiger charge is -2.19. The van der Waals surface area contributed by atoms with E-state index in [2.05, 4.69) is 4.98 Å². The highest BCUT2D eigenvalue weighted by Gasteiger charge is 2.28. The molecule has 0 unspecified atom stereocenters. The van der Waals surface area contributed by atoms with E-state index in [4.69, 9.17) is 0 Å². The van der Waals surface area contributed by atoms with Gasteiger partial charge in [-0.15, -0.1) is 11.3 Å². The summed E-state index contributed by atoms with van der Waals surface area (Å²) >= 11 is 1.46. The van der Waals surface area contributed by atoms with Crippen molar-refractivity contribution < 1.29 is 9.90 Å². The van der Waals surface area contributed by atoms with Crippen molar-refractivity contribution in [2.75, 3.05) is 0 Å². The normalized spacial score (nSPS) is 11.7. The molecule has 0 fully saturated rings. The molecular formula is C17H16N2O3S. The minimum Gasteiger partial charge on any atom is -0.481 e. The van der Waals surface area contributed by atoms with Crippen molar-refractivity contribution in [3.05, 3.63) is 53.1 Å². The third-order valence-corrected chi connectivity index (χ3v) is 4.81. The van der Waals surface area contributed by atoms with Crippen molar-refractivity contribution in [2.24, 2.45) is 5.41 Å². The number of carbonyl (C=O) groups is 1. The number of fused-ring (bicyclic) bond motifs is 1. The molecule has 6 heteroatoms. The van der Waals surface area contributed by atoms with Gasteiger partial charge in [0, 0.05) is 11.4 Å². The van der Waals surface area contributed by atoms with E-state index in [0.717, 1.165) is 10.4 Å². The number of nitrogens with zero attached hydrogens (tertiary/aromatic N) is 2. The first-order valence-electron chi connectivity index (χ1n) is 7.16. The second kappa shape index (κ2) is 5.62. The fraction of sp³-hybridized carbons (Fsp3) is 0.235. The maximum atomic E-state index is 12.6. The van der Waals surface area contributed by atoms with Gasteiger partial charge in [-0.25, -0.2) is 4.98 Å². The molecule has 0 saturated carbocycles. The number of aliphatic carboxylic acids is 1. The van der Waals surface area contributed by atoms with Gasteiger partial charge < -0.3 is 5.11 Å². The van der Waals surface area contributed by atoms with Gasteiger partial charge in [-0.3, -0.25) is 14.2 Å². The summed E-state index contributed by atoms with van der Waals surface area (Å²) < 4.78 is 1.37. The first-order valence-corrected chi connectivity index (χ1v) is 7.98. The van der Waals surface area contributed by atoms with Crippen molar-refractivity contribution in [3.63, 3.8) is 0 Å². The Morgan fingerprint density at radius 1 is 1.30 bits per heavy atom. The fourth-order valence-electron chi connectivity index (χ4n) is 2.31. The van der Waals surface area contributed by atoms with Crippen LogP contribution in [0.5, 0.6) is 0 Å². The van der Waals surface area contributed by atoms with E-state index in [0.29, 0.717) is 10.2 Å². The monoisotopic (exact) mass is 328 g/mol. The molecule has 0 aliphatic carbocycles. The Morgan fingerprint density at radius 3 is 2.65 bits per heavy atom. The molecule has 0 atom stereocenters. The highest BCUT2D eigenvalue weighted by atomic mass is 32.1. The Morgan fingerprint density at radius 2 is 2.00 bits per heavy atom. The molecule has 0 bridgehead atoms. The first-order chi connectivity index (χ1) is 10.9. The molecule has 5 nitrogen and oxygen atoms in total. The van der Waals surface area contributed by atoms with Crippen molar-refractivity contribution in [3.8, 4) is 10.4 Å². The zero-order valence-corrected chi connectivity index (χ0v) is 13.6. The third-order valence-electron chi connectivity index (χ3n) is 3.72. The maximum absolute atomic E-state index is 12.6. The predicted octanol–water partition coefficient (Wildman–Crippen LogP) is 3.24. The van der Waals surface area contributed by atoms with Gasteiger partial charge >= 0.3 is 5.97 Å². The van der Waals surface area contributed by atoms with Crippen LogP contribution >= 0.6 is 11.3 Å². The van der Waals surface area contributed by atoms with Crippen LogP contribution in [0.25, 0.3) is 20.7 Å². The summed E-state index contributed by atoms with van der Waals surface area (Å²) in [5.74, 6) is -0.945. The predicted molar refractivity (Wildman–Crippen MR) is 90.7 cm³/mol. The topological polar surface area (TPSA) is 72.2 Å². The molecule has 0 saturated heterocycles. The summed E-state index contributed by atoms with van der Waals surface area (Å²) in [6.45, 7) is 3.27. The van der Waals surface area contributed by atoms with Crippen molar-refractivity contribution >= 4 is 27.5 Å². The van der Waals surface area contributed by atoms with E-state index < -0.39 is 11.4 Å². The molecule has 2 aromatic heterocycles. The number of hydrogen-bond donors (Lipinski definition) is 1. The highest BCUT2D eigenvalue weighted by Crippen LogP contribution is 2.30. The van der Waals surface area contributed by atoms with Gasteiger partial charge in [0.2, 0.25) is 0 Å². The average molecular weight is 328 g/mol. The largest absolute Gasteiger partial charge is 0.481 e. The number of thiophene rings is 1. The molecule has 0 aliphatic rings. The van der Waals surface area contributed by atoms with Crippen LogP contribution in [0.2, 0.25) is 0 Å². The molecule has 0 aliphatic heterocycles. The molecule has 1 aromatic carbocycles.